The van der Waals surface area contributed by atoms with E-state index in [2.05, 4.69) is 78.0 Å². The highest BCUT2D eigenvalue weighted by atomic mass is 14.1. The van der Waals surface area contributed by atoms with E-state index < -0.39 is 0 Å². The van der Waals surface area contributed by atoms with Crippen molar-refractivity contribution in [2.24, 2.45) is 0 Å². The average molecular weight is 409 g/mol. The average Bonchev–Trinajstić information content (AvgIpc) is 3.49. The second-order valence-electron chi connectivity index (χ2n) is 9.58. The summed E-state index contributed by atoms with van der Waals surface area (Å²) in [6.45, 7) is 13.5. The van der Waals surface area contributed by atoms with Gasteiger partial charge in [-0.1, -0.05) is 69.9 Å². The molecule has 0 unspecified atom stereocenters. The molecule has 0 saturated heterocycles. The van der Waals surface area contributed by atoms with Gasteiger partial charge in [0.1, 0.15) is 0 Å². The van der Waals surface area contributed by atoms with Crippen molar-refractivity contribution < 1.29 is 0 Å². The van der Waals surface area contributed by atoms with Gasteiger partial charge in [-0.15, -0.1) is 0 Å². The van der Waals surface area contributed by atoms with E-state index >= 15 is 0 Å². The first kappa shape index (κ1) is 26.5. The molecule has 1 aliphatic carbocycles. The maximum absolute atomic E-state index is 2.45. The Hall–Kier alpha value is -1.56. The van der Waals surface area contributed by atoms with Crippen LogP contribution in [0.25, 0.3) is 0 Å². The van der Waals surface area contributed by atoms with Gasteiger partial charge in [0.05, 0.1) is 0 Å². The monoisotopic (exact) mass is 408 g/mol. The van der Waals surface area contributed by atoms with Crippen LogP contribution in [-0.2, 0) is 0 Å². The van der Waals surface area contributed by atoms with Gasteiger partial charge in [0.2, 0.25) is 0 Å². The zero-order valence-electron chi connectivity index (χ0n) is 20.9. The Morgan fingerprint density at radius 1 is 0.500 bits per heavy atom. The lowest BCUT2D eigenvalue weighted by Crippen LogP contribution is -1.82. The molecular formula is C30H48. The number of allylic oxidation sites excluding steroid dienone is 12. The van der Waals surface area contributed by atoms with Gasteiger partial charge in [-0.2, -0.15) is 0 Å². The van der Waals surface area contributed by atoms with E-state index in [9.17, 15) is 0 Å². The van der Waals surface area contributed by atoms with Crippen LogP contribution in [0.4, 0.5) is 0 Å². The summed E-state index contributed by atoms with van der Waals surface area (Å²) in [5.41, 5.74) is 9.26. The highest BCUT2D eigenvalue weighted by Gasteiger charge is 2.08. The summed E-state index contributed by atoms with van der Waals surface area (Å²) in [7, 11) is 0. The lowest BCUT2D eigenvalue weighted by atomic mass is 10.0. The fraction of sp³-hybridized carbons (Fsp3) is 0.600. The molecule has 0 aliphatic heterocycles. The predicted molar refractivity (Wildman–Crippen MR) is 138 cm³/mol. The van der Waals surface area contributed by atoms with Gasteiger partial charge in [0, 0.05) is 0 Å². The molecule has 0 bridgehead atoms. The molecule has 0 nitrogen and oxygen atoms in total. The molecule has 0 N–H and O–H groups in total. The van der Waals surface area contributed by atoms with Crippen molar-refractivity contribution >= 4 is 0 Å². The number of hydrogen-bond acceptors (Lipinski definition) is 0. The molecule has 0 spiro atoms. The zero-order chi connectivity index (χ0) is 22.2. The van der Waals surface area contributed by atoms with Gasteiger partial charge in [-0.25, -0.2) is 0 Å². The third-order valence-electron chi connectivity index (χ3n) is 5.82. The SMILES string of the molecule is CC(C)=CCC/C(C)=C/CC/C(C)=C/CC/C=C(\C)CC/C=C(\C)CCC=C1CC1. The highest BCUT2D eigenvalue weighted by molar-refractivity contribution is 5.17. The Bertz CT molecular complexity index is 615. The summed E-state index contributed by atoms with van der Waals surface area (Å²) < 4.78 is 0. The van der Waals surface area contributed by atoms with E-state index in [-0.39, 0.29) is 0 Å². The van der Waals surface area contributed by atoms with Crippen molar-refractivity contribution in [2.45, 2.75) is 119 Å². The summed E-state index contributed by atoms with van der Waals surface area (Å²) in [6.07, 6.45) is 29.2. The Labute approximate surface area is 188 Å². The maximum Gasteiger partial charge on any atom is -0.0283 e. The third-order valence-corrected chi connectivity index (χ3v) is 5.82. The number of rotatable bonds is 15. The van der Waals surface area contributed by atoms with Crippen LogP contribution < -0.4 is 0 Å². The van der Waals surface area contributed by atoms with E-state index in [1.165, 1.54) is 93.8 Å². The maximum atomic E-state index is 2.45. The van der Waals surface area contributed by atoms with Crippen LogP contribution in [0, 0.1) is 0 Å². The van der Waals surface area contributed by atoms with Crippen LogP contribution in [0.3, 0.4) is 0 Å². The van der Waals surface area contributed by atoms with Crippen molar-refractivity contribution in [3.05, 3.63) is 69.9 Å². The number of hydrogen-bond donors (Lipinski definition) is 0. The van der Waals surface area contributed by atoms with Crippen molar-refractivity contribution in [1.82, 2.24) is 0 Å². The molecule has 0 atom stereocenters. The lowest BCUT2D eigenvalue weighted by Gasteiger charge is -2.02. The Morgan fingerprint density at radius 2 is 0.867 bits per heavy atom. The van der Waals surface area contributed by atoms with Gasteiger partial charge >= 0.3 is 0 Å². The fourth-order valence-electron chi connectivity index (χ4n) is 3.53. The molecule has 168 valence electrons. The topological polar surface area (TPSA) is 0 Å². The number of unbranched alkanes of at least 4 members (excludes halogenated alkanes) is 1. The summed E-state index contributed by atoms with van der Waals surface area (Å²) in [5.74, 6) is 0. The third kappa shape index (κ3) is 16.3. The second-order valence-corrected chi connectivity index (χ2v) is 9.58. The Morgan fingerprint density at radius 3 is 1.27 bits per heavy atom. The summed E-state index contributed by atoms with van der Waals surface area (Å²) in [5, 5.41) is 0. The summed E-state index contributed by atoms with van der Waals surface area (Å²) >= 11 is 0. The van der Waals surface area contributed by atoms with Crippen LogP contribution in [-0.4, -0.2) is 0 Å². The minimum atomic E-state index is 1.18. The van der Waals surface area contributed by atoms with Crippen molar-refractivity contribution in [3.8, 4) is 0 Å². The molecule has 0 heteroatoms. The van der Waals surface area contributed by atoms with Gasteiger partial charge in [-0.05, 0) is 119 Å². The quantitative estimate of drug-likeness (QED) is 0.187. The first-order valence-electron chi connectivity index (χ1n) is 12.3. The minimum Gasteiger partial charge on any atom is -0.0856 e. The first-order chi connectivity index (χ1) is 14.4. The van der Waals surface area contributed by atoms with Crippen LogP contribution in [0.15, 0.2) is 69.9 Å². The largest absolute Gasteiger partial charge is 0.0856 e. The van der Waals surface area contributed by atoms with E-state index in [0.29, 0.717) is 0 Å². The van der Waals surface area contributed by atoms with Crippen molar-refractivity contribution in [1.29, 1.82) is 0 Å². The van der Waals surface area contributed by atoms with Gasteiger partial charge in [-0.3, -0.25) is 0 Å². The van der Waals surface area contributed by atoms with E-state index in [4.69, 9.17) is 0 Å². The molecule has 0 amide bonds. The molecule has 1 saturated carbocycles. The molecule has 1 rings (SSSR count). The van der Waals surface area contributed by atoms with Gasteiger partial charge < -0.3 is 0 Å². The standard InChI is InChI=1S/C30H48/c1-25(2)13-9-16-28(5)19-10-17-26(3)14-7-8-15-27(4)18-11-20-29(6)21-12-22-30-23-24-30/h13-15,19-20,22H,7-12,16-18,21,23-24H2,1-6H3/b26-14+,27-15+,28-19+,29-20+. The van der Waals surface area contributed by atoms with E-state index in [0.717, 1.165) is 0 Å². The van der Waals surface area contributed by atoms with E-state index in [1.807, 2.05) is 0 Å². The normalized spacial score (nSPS) is 15.5. The molecular weight excluding hydrogens is 360 g/mol. The molecule has 1 fully saturated rings. The lowest BCUT2D eigenvalue weighted by molar-refractivity contribution is 0.896. The fourth-order valence-corrected chi connectivity index (χ4v) is 3.53. The highest BCUT2D eigenvalue weighted by Crippen LogP contribution is 2.28. The Balaban J connectivity index is 2.14. The smallest absolute Gasteiger partial charge is 0.0283 e. The second kappa shape index (κ2) is 16.2. The van der Waals surface area contributed by atoms with Gasteiger partial charge in [0.25, 0.3) is 0 Å². The predicted octanol–water partition coefficient (Wildman–Crippen LogP) is 10.4. The summed E-state index contributed by atoms with van der Waals surface area (Å²) in [4.78, 5) is 0. The molecule has 1 aliphatic rings. The Kier molecular flexibility index (Phi) is 14.3. The minimum absolute atomic E-state index is 1.18. The van der Waals surface area contributed by atoms with Crippen molar-refractivity contribution in [3.63, 3.8) is 0 Å². The molecule has 30 heavy (non-hydrogen) atoms. The van der Waals surface area contributed by atoms with Crippen LogP contribution in [0.1, 0.15) is 119 Å². The van der Waals surface area contributed by atoms with E-state index in [1.54, 1.807) is 16.7 Å². The van der Waals surface area contributed by atoms with Crippen LogP contribution in [0.5, 0.6) is 0 Å². The zero-order valence-corrected chi connectivity index (χ0v) is 20.9. The molecule has 0 aromatic rings. The van der Waals surface area contributed by atoms with Crippen molar-refractivity contribution in [2.75, 3.05) is 0 Å². The molecule has 0 aromatic heterocycles. The van der Waals surface area contributed by atoms with Gasteiger partial charge in [0.15, 0.2) is 0 Å². The molecule has 0 heterocycles. The first-order valence-corrected chi connectivity index (χ1v) is 12.3. The summed E-state index contributed by atoms with van der Waals surface area (Å²) in [6, 6.07) is 0. The van der Waals surface area contributed by atoms with Crippen LogP contribution >= 0.6 is 0 Å². The molecule has 0 radical (unpaired) electrons. The van der Waals surface area contributed by atoms with Crippen LogP contribution in [0.2, 0.25) is 0 Å². The molecule has 0 aromatic carbocycles.